The number of benzene rings is 1. The van der Waals surface area contributed by atoms with Crippen LogP contribution in [-0.2, 0) is 28.7 Å². The summed E-state index contributed by atoms with van der Waals surface area (Å²) in [6, 6.07) is 5.55. The first kappa shape index (κ1) is 32.6. The summed E-state index contributed by atoms with van der Waals surface area (Å²) in [6.07, 6.45) is -2.88. The molecule has 3 fully saturated rings. The lowest BCUT2D eigenvalue weighted by Gasteiger charge is -2.54. The van der Waals surface area contributed by atoms with Gasteiger partial charge in [-0.1, -0.05) is 18.5 Å². The lowest BCUT2D eigenvalue weighted by atomic mass is 9.78. The Labute approximate surface area is 281 Å². The number of aromatic hydroxyl groups is 1. The van der Waals surface area contributed by atoms with E-state index in [-0.39, 0.29) is 71.8 Å². The van der Waals surface area contributed by atoms with Crippen molar-refractivity contribution in [3.8, 4) is 5.75 Å². The van der Waals surface area contributed by atoms with Crippen molar-refractivity contribution in [3.05, 3.63) is 68.9 Å². The van der Waals surface area contributed by atoms with Gasteiger partial charge in [0.15, 0.2) is 5.69 Å². The van der Waals surface area contributed by atoms with Gasteiger partial charge in [-0.15, -0.1) is 5.10 Å². The second-order valence-electron chi connectivity index (χ2n) is 12.4. The number of carbonyl (C=O) groups excluding carboxylic acids is 2. The summed E-state index contributed by atoms with van der Waals surface area (Å²) in [5.41, 5.74) is -0.664. The summed E-state index contributed by atoms with van der Waals surface area (Å²) in [5, 5.41) is 17.0. The molecule has 0 atom stereocenters. The second kappa shape index (κ2) is 12.2. The van der Waals surface area contributed by atoms with Crippen molar-refractivity contribution in [2.45, 2.75) is 26.1 Å². The maximum atomic E-state index is 14.1. The molecule has 2 amide bonds. The number of nitrogens with one attached hydrogen (secondary N) is 1. The summed E-state index contributed by atoms with van der Waals surface area (Å²) in [6.45, 7) is 5.01. The zero-order chi connectivity index (χ0) is 34.7. The largest absolute Gasteiger partial charge is 0.505 e. The number of halogens is 4. The van der Waals surface area contributed by atoms with Crippen molar-refractivity contribution >= 4 is 46.5 Å². The molecule has 2 N–H and O–H groups in total. The van der Waals surface area contributed by atoms with Crippen LogP contribution in [0.3, 0.4) is 0 Å². The predicted molar refractivity (Wildman–Crippen MR) is 171 cm³/mol. The maximum absolute atomic E-state index is 14.1. The third-order valence-electron chi connectivity index (χ3n) is 9.05. The summed E-state index contributed by atoms with van der Waals surface area (Å²) < 4.78 is 47.6. The lowest BCUT2D eigenvalue weighted by molar-refractivity contribution is -0.137. The highest BCUT2D eigenvalue weighted by Crippen LogP contribution is 2.39. The van der Waals surface area contributed by atoms with Gasteiger partial charge in [0.25, 0.3) is 11.5 Å². The molecule has 7 rings (SSSR count). The third-order valence-corrected chi connectivity index (χ3v) is 9.36. The maximum Gasteiger partial charge on any atom is 0.416 e. The molecular weight excluding hydrogens is 671 g/mol. The van der Waals surface area contributed by atoms with E-state index in [0.717, 1.165) is 22.7 Å². The van der Waals surface area contributed by atoms with Crippen LogP contribution in [0.25, 0.3) is 5.78 Å². The molecule has 0 unspecified atom stereocenters. The van der Waals surface area contributed by atoms with Crippen molar-refractivity contribution in [1.29, 1.82) is 0 Å². The number of amides is 2. The van der Waals surface area contributed by atoms with Crippen molar-refractivity contribution in [2.24, 2.45) is 5.41 Å². The fourth-order valence-electron chi connectivity index (χ4n) is 6.50. The fourth-order valence-corrected chi connectivity index (χ4v) is 6.73. The first-order chi connectivity index (χ1) is 23.4. The Morgan fingerprint density at radius 1 is 1.10 bits per heavy atom. The average molecular weight is 702 g/mol. The van der Waals surface area contributed by atoms with E-state index in [4.69, 9.17) is 16.3 Å². The fraction of sp³-hybridized carbons (Fsp3) is 0.419. The molecule has 3 aliphatic rings. The second-order valence-corrected chi connectivity index (χ2v) is 12.8. The van der Waals surface area contributed by atoms with Gasteiger partial charge in [-0.3, -0.25) is 14.4 Å². The number of ether oxygens (including phenoxy) is 1. The highest BCUT2D eigenvalue weighted by molar-refractivity contribution is 6.33. The van der Waals surface area contributed by atoms with Crippen LogP contribution >= 0.6 is 11.6 Å². The molecule has 0 bridgehead atoms. The first-order valence-corrected chi connectivity index (χ1v) is 16.0. The van der Waals surface area contributed by atoms with E-state index in [0.29, 0.717) is 44.4 Å². The molecule has 3 saturated heterocycles. The Hall–Kier alpha value is -4.90. The Morgan fingerprint density at radius 2 is 1.84 bits per heavy atom. The van der Waals surface area contributed by atoms with Crippen molar-refractivity contribution in [3.63, 3.8) is 0 Å². The van der Waals surface area contributed by atoms with Crippen molar-refractivity contribution in [1.82, 2.24) is 29.0 Å². The van der Waals surface area contributed by atoms with Gasteiger partial charge in [0.05, 0.1) is 40.6 Å². The van der Waals surface area contributed by atoms with E-state index < -0.39 is 29.1 Å². The van der Waals surface area contributed by atoms with Gasteiger partial charge in [0.1, 0.15) is 18.0 Å². The van der Waals surface area contributed by atoms with Crippen LogP contribution in [0.2, 0.25) is 5.02 Å². The molecule has 1 aromatic carbocycles. The molecule has 3 aromatic heterocycles. The van der Waals surface area contributed by atoms with Gasteiger partial charge in [0.2, 0.25) is 17.6 Å². The lowest BCUT2D eigenvalue weighted by Crippen LogP contribution is -2.66. The number of anilines is 3. The normalized spacial score (nSPS) is 17.3. The third kappa shape index (κ3) is 5.90. The number of fused-ring (bicyclic) bond motifs is 1. The van der Waals surface area contributed by atoms with Crippen LogP contribution in [0.15, 0.2) is 41.3 Å². The molecule has 0 radical (unpaired) electrons. The Balaban J connectivity index is 1.21. The highest BCUT2D eigenvalue weighted by Gasteiger charge is 2.50. The molecule has 258 valence electrons. The number of nitrogens with zero attached hydrogens (tertiary/aromatic N) is 8. The summed E-state index contributed by atoms with van der Waals surface area (Å²) >= 11 is 6.11. The quantitative estimate of drug-likeness (QED) is 0.295. The van der Waals surface area contributed by atoms with E-state index in [1.807, 2.05) is 16.7 Å². The number of rotatable bonds is 7. The topological polar surface area (TPSA) is 150 Å². The van der Waals surface area contributed by atoms with E-state index in [2.05, 4.69) is 20.4 Å². The minimum Gasteiger partial charge on any atom is -0.505 e. The Kier molecular flexibility index (Phi) is 8.13. The zero-order valence-electron chi connectivity index (χ0n) is 26.2. The van der Waals surface area contributed by atoms with Crippen molar-refractivity contribution in [2.75, 3.05) is 67.6 Å². The highest BCUT2D eigenvalue weighted by atomic mass is 35.5. The van der Waals surface area contributed by atoms with Crippen LogP contribution in [0.5, 0.6) is 5.75 Å². The molecular formula is C31H31ClF3N9O5. The van der Waals surface area contributed by atoms with Crippen LogP contribution in [-0.4, -0.2) is 98.5 Å². The Bertz CT molecular complexity index is 2010. The van der Waals surface area contributed by atoms with E-state index in [1.165, 1.54) is 18.3 Å². The zero-order valence-corrected chi connectivity index (χ0v) is 27.0. The molecule has 49 heavy (non-hydrogen) atoms. The summed E-state index contributed by atoms with van der Waals surface area (Å²) in [7, 11) is 0. The smallest absolute Gasteiger partial charge is 0.416 e. The summed E-state index contributed by atoms with van der Waals surface area (Å²) in [4.78, 5) is 54.7. The standard InChI is InChI=1S/C31H31ClF3N9O5/c1-2-21-25(40-8-10-41(11-9-40)26(47)24-22(45)4-3-7-36-24)27(48)44-29(38-28(39-44)42-14-30(15-42)16-49-17-30)43(21)13-23(46)37-20-6-5-18(12-19(20)32)31(33,34)35/h3-7,12,45H,2,8-11,13-17H2,1H3,(H,37,46). The van der Waals surface area contributed by atoms with E-state index in [1.54, 1.807) is 9.47 Å². The minimum absolute atomic E-state index is 0.00881. The molecule has 14 nitrogen and oxygen atoms in total. The molecule has 3 aliphatic heterocycles. The molecule has 0 aliphatic carbocycles. The molecule has 0 saturated carbocycles. The average Bonchev–Trinajstić information content (AvgIpc) is 3.47. The number of hydrogen-bond acceptors (Lipinski definition) is 10. The summed E-state index contributed by atoms with van der Waals surface area (Å²) in [5.74, 6) is -0.839. The predicted octanol–water partition coefficient (Wildman–Crippen LogP) is 2.66. The number of alkyl halides is 3. The molecule has 1 spiro atoms. The van der Waals surface area contributed by atoms with Gasteiger partial charge in [-0.05, 0) is 36.8 Å². The molecule has 6 heterocycles. The van der Waals surface area contributed by atoms with E-state index >= 15 is 0 Å². The van der Waals surface area contributed by atoms with Crippen LogP contribution in [0.1, 0.15) is 28.7 Å². The van der Waals surface area contributed by atoms with Gasteiger partial charge in [0, 0.05) is 45.5 Å². The number of aromatic nitrogens is 5. The van der Waals surface area contributed by atoms with Crippen LogP contribution in [0, 0.1) is 5.41 Å². The monoisotopic (exact) mass is 701 g/mol. The van der Waals surface area contributed by atoms with Crippen LogP contribution < -0.4 is 20.7 Å². The number of hydrogen-bond donors (Lipinski definition) is 2. The number of pyridine rings is 1. The van der Waals surface area contributed by atoms with E-state index in [9.17, 15) is 32.7 Å². The number of piperazine rings is 1. The van der Waals surface area contributed by atoms with Gasteiger partial charge in [-0.25, -0.2) is 4.98 Å². The van der Waals surface area contributed by atoms with Gasteiger partial charge >= 0.3 is 6.18 Å². The molecule has 4 aromatic rings. The van der Waals surface area contributed by atoms with Gasteiger partial charge < -0.3 is 34.4 Å². The van der Waals surface area contributed by atoms with Crippen LogP contribution in [0.4, 0.5) is 30.5 Å². The van der Waals surface area contributed by atoms with Gasteiger partial charge in [-0.2, -0.15) is 22.7 Å². The van der Waals surface area contributed by atoms with Crippen molar-refractivity contribution < 1.29 is 32.6 Å². The SMILES string of the molecule is CCc1c(N2CCN(C(=O)c3ncccc3O)CC2)c(=O)n2nc(N3CC4(COC4)C3)nc2n1CC(=O)Nc1ccc(C(F)(F)F)cc1Cl. The first-order valence-electron chi connectivity index (χ1n) is 15.6. The minimum atomic E-state index is -4.60. The Morgan fingerprint density at radius 3 is 2.45 bits per heavy atom. The molecule has 18 heteroatoms. The number of carbonyl (C=O) groups is 2.